The molecule has 0 aliphatic rings. The van der Waals surface area contributed by atoms with Gasteiger partial charge in [-0.25, -0.2) is 4.98 Å². The molecule has 0 spiro atoms. The van der Waals surface area contributed by atoms with Gasteiger partial charge in [0.1, 0.15) is 5.01 Å². The van der Waals surface area contributed by atoms with Gasteiger partial charge in [0, 0.05) is 21.7 Å². The normalized spacial score (nSPS) is 11.0. The molecule has 1 aromatic heterocycles. The topological polar surface area (TPSA) is 38.9 Å². The number of hydrogen-bond donors (Lipinski definition) is 1. The second-order valence-corrected chi connectivity index (χ2v) is 6.41. The maximum absolute atomic E-state index is 5.89. The zero-order valence-corrected chi connectivity index (χ0v) is 13.0. The molecule has 1 heterocycles. The summed E-state index contributed by atoms with van der Waals surface area (Å²) in [5, 5.41) is 1.03. The number of nitrogens with two attached hydrogens (primary N) is 1. The monoisotopic (exact) mass is 294 g/mol. The van der Waals surface area contributed by atoms with Gasteiger partial charge in [-0.2, -0.15) is 0 Å². The molecule has 2 aromatic carbocycles. The fourth-order valence-corrected chi connectivity index (χ4v) is 3.41. The van der Waals surface area contributed by atoms with Gasteiger partial charge in [-0.05, 0) is 18.1 Å². The van der Waals surface area contributed by atoms with Gasteiger partial charge >= 0.3 is 0 Å². The molecule has 2 nitrogen and oxygen atoms in total. The van der Waals surface area contributed by atoms with Crippen molar-refractivity contribution in [2.45, 2.75) is 19.8 Å². The molecule has 3 rings (SSSR count). The summed E-state index contributed by atoms with van der Waals surface area (Å²) < 4.78 is 0. The van der Waals surface area contributed by atoms with E-state index in [2.05, 4.69) is 44.2 Å². The van der Waals surface area contributed by atoms with Gasteiger partial charge in [-0.3, -0.25) is 0 Å². The Morgan fingerprint density at radius 2 is 1.67 bits per heavy atom. The zero-order chi connectivity index (χ0) is 14.8. The third kappa shape index (κ3) is 2.83. The van der Waals surface area contributed by atoms with Gasteiger partial charge in [0.25, 0.3) is 0 Å². The zero-order valence-electron chi connectivity index (χ0n) is 12.2. The number of aromatic nitrogens is 1. The Morgan fingerprint density at radius 1 is 0.952 bits per heavy atom. The van der Waals surface area contributed by atoms with Crippen LogP contribution in [0.15, 0.2) is 54.6 Å². The van der Waals surface area contributed by atoms with Crippen molar-refractivity contribution in [1.29, 1.82) is 0 Å². The van der Waals surface area contributed by atoms with Gasteiger partial charge < -0.3 is 5.73 Å². The molecule has 3 aromatic rings. The second-order valence-electron chi connectivity index (χ2n) is 5.38. The first-order valence-electron chi connectivity index (χ1n) is 7.07. The van der Waals surface area contributed by atoms with Crippen molar-refractivity contribution in [3.8, 4) is 21.8 Å². The van der Waals surface area contributed by atoms with Crippen LogP contribution in [-0.4, -0.2) is 4.98 Å². The Bertz CT molecular complexity index is 745. The predicted molar refractivity (Wildman–Crippen MR) is 91.5 cm³/mol. The van der Waals surface area contributed by atoms with E-state index in [-0.39, 0.29) is 0 Å². The molecule has 0 atom stereocenters. The summed E-state index contributed by atoms with van der Waals surface area (Å²) in [5.41, 5.74) is 10.0. The van der Waals surface area contributed by atoms with Crippen molar-refractivity contribution in [2.75, 3.05) is 5.73 Å². The molecule has 21 heavy (non-hydrogen) atoms. The average Bonchev–Trinajstić information content (AvgIpc) is 2.93. The summed E-state index contributed by atoms with van der Waals surface area (Å²) in [6.07, 6.45) is 0. The highest BCUT2D eigenvalue weighted by molar-refractivity contribution is 7.15. The number of rotatable bonds is 3. The standard InChI is InChI=1S/C18H18N2S/c1-12(2)17-16(13-7-4-3-5-8-13)20-18(21-17)14-9-6-10-15(19)11-14/h3-12H,19H2,1-2H3. The van der Waals surface area contributed by atoms with E-state index >= 15 is 0 Å². The molecular weight excluding hydrogens is 276 g/mol. The summed E-state index contributed by atoms with van der Waals surface area (Å²) in [7, 11) is 0. The molecule has 0 aliphatic heterocycles. The van der Waals surface area contributed by atoms with Crippen molar-refractivity contribution in [1.82, 2.24) is 4.98 Å². The van der Waals surface area contributed by atoms with E-state index in [0.29, 0.717) is 5.92 Å². The summed E-state index contributed by atoms with van der Waals surface area (Å²) >= 11 is 1.76. The number of anilines is 1. The van der Waals surface area contributed by atoms with Gasteiger partial charge in [-0.1, -0.05) is 56.3 Å². The smallest absolute Gasteiger partial charge is 0.124 e. The van der Waals surface area contributed by atoms with Crippen LogP contribution < -0.4 is 5.73 Å². The summed E-state index contributed by atoms with van der Waals surface area (Å²) in [6, 6.07) is 18.3. The van der Waals surface area contributed by atoms with Gasteiger partial charge in [0.2, 0.25) is 0 Å². The highest BCUT2D eigenvalue weighted by atomic mass is 32.1. The van der Waals surface area contributed by atoms with E-state index in [1.54, 1.807) is 11.3 Å². The van der Waals surface area contributed by atoms with E-state index in [9.17, 15) is 0 Å². The van der Waals surface area contributed by atoms with Crippen LogP contribution in [-0.2, 0) is 0 Å². The van der Waals surface area contributed by atoms with Crippen LogP contribution in [0.1, 0.15) is 24.6 Å². The molecular formula is C18H18N2S. The number of nitrogen functional groups attached to an aromatic ring is 1. The lowest BCUT2D eigenvalue weighted by Crippen LogP contribution is -1.87. The maximum Gasteiger partial charge on any atom is 0.124 e. The highest BCUT2D eigenvalue weighted by Crippen LogP contribution is 2.38. The molecule has 0 radical (unpaired) electrons. The number of nitrogens with zero attached hydrogens (tertiary/aromatic N) is 1. The van der Waals surface area contributed by atoms with Crippen LogP contribution in [0.4, 0.5) is 5.69 Å². The van der Waals surface area contributed by atoms with Crippen molar-refractivity contribution < 1.29 is 0 Å². The van der Waals surface area contributed by atoms with Gasteiger partial charge in [0.05, 0.1) is 5.69 Å². The fraction of sp³-hybridized carbons (Fsp3) is 0.167. The van der Waals surface area contributed by atoms with E-state index in [1.807, 2.05) is 24.3 Å². The summed E-state index contributed by atoms with van der Waals surface area (Å²) in [5.74, 6) is 0.451. The third-order valence-corrected chi connectivity index (χ3v) is 4.76. The van der Waals surface area contributed by atoms with Crippen molar-refractivity contribution in [3.63, 3.8) is 0 Å². The van der Waals surface area contributed by atoms with Crippen LogP contribution in [0.25, 0.3) is 21.8 Å². The van der Waals surface area contributed by atoms with Crippen molar-refractivity contribution in [2.24, 2.45) is 0 Å². The quantitative estimate of drug-likeness (QED) is 0.676. The molecule has 0 saturated heterocycles. The molecule has 3 heteroatoms. The van der Waals surface area contributed by atoms with Crippen LogP contribution >= 0.6 is 11.3 Å². The lowest BCUT2D eigenvalue weighted by molar-refractivity contribution is 0.888. The Kier molecular flexibility index (Phi) is 3.76. The molecule has 0 saturated carbocycles. The second kappa shape index (κ2) is 5.70. The van der Waals surface area contributed by atoms with Crippen molar-refractivity contribution in [3.05, 3.63) is 59.5 Å². The van der Waals surface area contributed by atoms with E-state index in [0.717, 1.165) is 22.0 Å². The van der Waals surface area contributed by atoms with Gasteiger partial charge in [0.15, 0.2) is 0 Å². The molecule has 0 unspecified atom stereocenters. The lowest BCUT2D eigenvalue weighted by Gasteiger charge is -2.04. The fourth-order valence-electron chi connectivity index (χ4n) is 2.32. The molecule has 0 amide bonds. The van der Waals surface area contributed by atoms with Gasteiger partial charge in [-0.15, -0.1) is 11.3 Å². The molecule has 0 fully saturated rings. The third-order valence-electron chi connectivity index (χ3n) is 3.36. The molecule has 0 aliphatic carbocycles. The first-order chi connectivity index (χ1) is 10.1. The molecule has 106 valence electrons. The predicted octanol–water partition coefficient (Wildman–Crippen LogP) is 5.18. The van der Waals surface area contributed by atoms with Crippen LogP contribution in [0.2, 0.25) is 0 Å². The average molecular weight is 294 g/mol. The largest absolute Gasteiger partial charge is 0.399 e. The Balaban J connectivity index is 2.13. The Hall–Kier alpha value is -2.13. The maximum atomic E-state index is 5.89. The minimum atomic E-state index is 0.451. The Morgan fingerprint density at radius 3 is 2.33 bits per heavy atom. The number of hydrogen-bond acceptors (Lipinski definition) is 3. The number of thiazole rings is 1. The summed E-state index contributed by atoms with van der Waals surface area (Å²) in [4.78, 5) is 6.19. The van der Waals surface area contributed by atoms with Crippen LogP contribution in [0.5, 0.6) is 0 Å². The van der Waals surface area contributed by atoms with Crippen LogP contribution in [0, 0.1) is 0 Å². The lowest BCUT2D eigenvalue weighted by atomic mass is 10.1. The number of benzene rings is 2. The minimum absolute atomic E-state index is 0.451. The molecule has 2 N–H and O–H groups in total. The van der Waals surface area contributed by atoms with Crippen LogP contribution in [0.3, 0.4) is 0 Å². The SMILES string of the molecule is CC(C)c1sc(-c2cccc(N)c2)nc1-c1ccccc1. The Labute approximate surface area is 129 Å². The summed E-state index contributed by atoms with van der Waals surface area (Å²) in [6.45, 7) is 4.42. The molecule has 0 bridgehead atoms. The first kappa shape index (κ1) is 13.8. The minimum Gasteiger partial charge on any atom is -0.399 e. The van der Waals surface area contributed by atoms with Crippen molar-refractivity contribution >= 4 is 17.0 Å². The first-order valence-corrected chi connectivity index (χ1v) is 7.89. The van der Waals surface area contributed by atoms with E-state index in [1.165, 1.54) is 10.4 Å². The van der Waals surface area contributed by atoms with E-state index in [4.69, 9.17) is 10.7 Å². The van der Waals surface area contributed by atoms with E-state index < -0.39 is 0 Å². The highest BCUT2D eigenvalue weighted by Gasteiger charge is 2.16.